The van der Waals surface area contributed by atoms with Crippen LogP contribution < -0.4 is 0 Å². The molecule has 1 fully saturated rings. The SMILES string of the molecule is CCOC(=O)[C@@]1(C/C=C/c2ccc(Cl)cc2)CCCCC1=O. The van der Waals surface area contributed by atoms with Gasteiger partial charge in [-0.25, -0.2) is 0 Å². The number of Topliss-reactive ketones (excluding diaryl/α,β-unsaturated/α-hetero) is 1. The van der Waals surface area contributed by atoms with Crippen molar-refractivity contribution in [2.45, 2.75) is 39.0 Å². The summed E-state index contributed by atoms with van der Waals surface area (Å²) in [4.78, 5) is 24.7. The number of ether oxygens (including phenoxy) is 1. The standard InChI is InChI=1S/C18H21ClO3/c1-2-22-17(21)18(12-4-3-7-16(18)20)13-5-6-14-8-10-15(19)11-9-14/h5-6,8-11H,2-4,7,12-13H2,1H3/b6-5+/t18-/m1/s1. The fraction of sp³-hybridized carbons (Fsp3) is 0.444. The quantitative estimate of drug-likeness (QED) is 0.595. The summed E-state index contributed by atoms with van der Waals surface area (Å²) < 4.78 is 5.16. The second-order valence-corrected chi connectivity index (χ2v) is 6.03. The van der Waals surface area contributed by atoms with Gasteiger partial charge in [0.15, 0.2) is 0 Å². The van der Waals surface area contributed by atoms with Crippen molar-refractivity contribution in [3.63, 3.8) is 0 Å². The van der Waals surface area contributed by atoms with Gasteiger partial charge in [-0.1, -0.05) is 42.3 Å². The number of esters is 1. The molecule has 0 saturated heterocycles. The molecule has 1 aliphatic carbocycles. The highest BCUT2D eigenvalue weighted by Crippen LogP contribution is 2.38. The summed E-state index contributed by atoms with van der Waals surface area (Å²) in [6.45, 7) is 2.07. The van der Waals surface area contributed by atoms with Crippen molar-refractivity contribution in [3.05, 3.63) is 40.9 Å². The molecule has 0 amide bonds. The number of ketones is 1. The molecular weight excluding hydrogens is 300 g/mol. The van der Waals surface area contributed by atoms with Crippen LogP contribution in [0, 0.1) is 5.41 Å². The molecule has 3 nitrogen and oxygen atoms in total. The van der Waals surface area contributed by atoms with Gasteiger partial charge >= 0.3 is 5.97 Å². The summed E-state index contributed by atoms with van der Waals surface area (Å²) in [5.74, 6) is -0.363. The molecule has 0 bridgehead atoms. The lowest BCUT2D eigenvalue weighted by atomic mass is 9.70. The average molecular weight is 321 g/mol. The summed E-state index contributed by atoms with van der Waals surface area (Å²) in [5, 5.41) is 0.683. The summed E-state index contributed by atoms with van der Waals surface area (Å²) in [6, 6.07) is 7.43. The number of allylic oxidation sites excluding steroid dienone is 1. The van der Waals surface area contributed by atoms with E-state index in [4.69, 9.17) is 16.3 Å². The first-order valence-electron chi connectivity index (χ1n) is 7.71. The molecule has 0 aliphatic heterocycles. The highest BCUT2D eigenvalue weighted by molar-refractivity contribution is 6.30. The number of hydrogen-bond acceptors (Lipinski definition) is 3. The Morgan fingerprint density at radius 3 is 2.68 bits per heavy atom. The van der Waals surface area contributed by atoms with Gasteiger partial charge in [0.25, 0.3) is 0 Å². The van der Waals surface area contributed by atoms with Crippen LogP contribution in [0.5, 0.6) is 0 Å². The van der Waals surface area contributed by atoms with Crippen molar-refractivity contribution < 1.29 is 14.3 Å². The van der Waals surface area contributed by atoms with Crippen LogP contribution in [0.15, 0.2) is 30.3 Å². The normalized spacial score (nSPS) is 22.0. The Balaban J connectivity index is 2.14. The zero-order valence-electron chi connectivity index (χ0n) is 12.8. The molecule has 4 heteroatoms. The third-order valence-electron chi connectivity index (χ3n) is 4.10. The molecule has 0 unspecified atom stereocenters. The fourth-order valence-electron chi connectivity index (χ4n) is 2.85. The minimum atomic E-state index is -0.989. The molecule has 0 heterocycles. The van der Waals surface area contributed by atoms with Gasteiger partial charge in [0.05, 0.1) is 6.61 Å². The van der Waals surface area contributed by atoms with E-state index in [0.717, 1.165) is 18.4 Å². The van der Waals surface area contributed by atoms with Crippen LogP contribution in [0.3, 0.4) is 0 Å². The van der Waals surface area contributed by atoms with Crippen molar-refractivity contribution in [2.24, 2.45) is 5.41 Å². The molecule has 0 radical (unpaired) electrons. The number of hydrogen-bond donors (Lipinski definition) is 0. The lowest BCUT2D eigenvalue weighted by Crippen LogP contribution is -2.42. The first kappa shape index (κ1) is 16.8. The Kier molecular flexibility index (Phi) is 5.78. The minimum absolute atomic E-state index is 0.0120. The summed E-state index contributed by atoms with van der Waals surface area (Å²) >= 11 is 5.86. The second-order valence-electron chi connectivity index (χ2n) is 5.59. The van der Waals surface area contributed by atoms with Crippen molar-refractivity contribution in [2.75, 3.05) is 6.61 Å². The van der Waals surface area contributed by atoms with Crippen LogP contribution in [-0.2, 0) is 14.3 Å². The van der Waals surface area contributed by atoms with E-state index in [1.807, 2.05) is 36.4 Å². The van der Waals surface area contributed by atoms with E-state index >= 15 is 0 Å². The zero-order chi connectivity index (χ0) is 16.0. The molecule has 22 heavy (non-hydrogen) atoms. The Bertz CT molecular complexity index is 562. The molecule has 1 atom stereocenters. The van der Waals surface area contributed by atoms with Crippen LogP contribution in [0.2, 0.25) is 5.02 Å². The van der Waals surface area contributed by atoms with Crippen LogP contribution in [0.4, 0.5) is 0 Å². The van der Waals surface area contributed by atoms with Crippen LogP contribution in [-0.4, -0.2) is 18.4 Å². The van der Waals surface area contributed by atoms with E-state index in [2.05, 4.69) is 0 Å². The van der Waals surface area contributed by atoms with Crippen molar-refractivity contribution in [1.29, 1.82) is 0 Å². The highest BCUT2D eigenvalue weighted by Gasteiger charge is 2.46. The Labute approximate surface area is 136 Å². The van der Waals surface area contributed by atoms with E-state index in [1.165, 1.54) is 0 Å². The Morgan fingerprint density at radius 1 is 1.32 bits per heavy atom. The van der Waals surface area contributed by atoms with Crippen molar-refractivity contribution >= 4 is 29.4 Å². The number of benzene rings is 1. The predicted molar refractivity (Wildman–Crippen MR) is 87.6 cm³/mol. The van der Waals surface area contributed by atoms with E-state index in [0.29, 0.717) is 30.9 Å². The third kappa shape index (κ3) is 3.77. The molecular formula is C18H21ClO3. The summed E-state index contributed by atoms with van der Waals surface area (Å²) in [6.07, 6.45) is 7.00. The number of halogens is 1. The summed E-state index contributed by atoms with van der Waals surface area (Å²) in [5.41, 5.74) is 0.00338. The minimum Gasteiger partial charge on any atom is -0.465 e. The van der Waals surface area contributed by atoms with Crippen LogP contribution in [0.25, 0.3) is 6.08 Å². The molecule has 118 valence electrons. The highest BCUT2D eigenvalue weighted by atomic mass is 35.5. The van der Waals surface area contributed by atoms with Gasteiger partial charge in [-0.15, -0.1) is 0 Å². The molecule has 1 aromatic rings. The molecule has 1 saturated carbocycles. The Hall–Kier alpha value is -1.61. The lowest BCUT2D eigenvalue weighted by molar-refractivity contribution is -0.162. The molecule has 0 N–H and O–H groups in total. The number of carbonyl (C=O) groups excluding carboxylic acids is 2. The van der Waals surface area contributed by atoms with Gasteiger partial charge in [0, 0.05) is 11.4 Å². The lowest BCUT2D eigenvalue weighted by Gasteiger charge is -2.32. The molecule has 2 rings (SSSR count). The van der Waals surface area contributed by atoms with E-state index in [1.54, 1.807) is 6.92 Å². The van der Waals surface area contributed by atoms with Gasteiger partial charge in [0.1, 0.15) is 11.2 Å². The topological polar surface area (TPSA) is 43.4 Å². The smallest absolute Gasteiger partial charge is 0.319 e. The van der Waals surface area contributed by atoms with Crippen LogP contribution >= 0.6 is 11.6 Å². The number of carbonyl (C=O) groups is 2. The predicted octanol–water partition coefficient (Wildman–Crippen LogP) is 4.44. The Morgan fingerprint density at radius 2 is 2.05 bits per heavy atom. The third-order valence-corrected chi connectivity index (χ3v) is 4.36. The molecule has 0 aromatic heterocycles. The van der Waals surface area contributed by atoms with E-state index < -0.39 is 5.41 Å². The number of rotatable bonds is 5. The van der Waals surface area contributed by atoms with Crippen molar-refractivity contribution in [1.82, 2.24) is 0 Å². The fourth-order valence-corrected chi connectivity index (χ4v) is 2.97. The molecule has 1 aliphatic rings. The van der Waals surface area contributed by atoms with Gasteiger partial charge in [-0.2, -0.15) is 0 Å². The van der Waals surface area contributed by atoms with Gasteiger partial charge in [0.2, 0.25) is 0 Å². The van der Waals surface area contributed by atoms with Crippen LogP contribution in [0.1, 0.15) is 44.6 Å². The maximum Gasteiger partial charge on any atom is 0.319 e. The maximum atomic E-state index is 12.4. The average Bonchev–Trinajstić information content (AvgIpc) is 2.51. The largest absolute Gasteiger partial charge is 0.465 e. The van der Waals surface area contributed by atoms with Gasteiger partial charge in [-0.3, -0.25) is 9.59 Å². The summed E-state index contributed by atoms with van der Waals surface area (Å²) in [7, 11) is 0. The van der Waals surface area contributed by atoms with Gasteiger partial charge < -0.3 is 4.74 Å². The monoisotopic (exact) mass is 320 g/mol. The second kappa shape index (κ2) is 7.59. The first-order valence-corrected chi connectivity index (χ1v) is 8.09. The molecule has 1 aromatic carbocycles. The maximum absolute atomic E-state index is 12.4. The first-order chi connectivity index (χ1) is 10.6. The molecule has 0 spiro atoms. The van der Waals surface area contributed by atoms with Crippen molar-refractivity contribution in [3.8, 4) is 0 Å². The van der Waals surface area contributed by atoms with E-state index in [9.17, 15) is 9.59 Å². The van der Waals surface area contributed by atoms with E-state index in [-0.39, 0.29) is 11.8 Å². The van der Waals surface area contributed by atoms with Gasteiger partial charge in [-0.05, 0) is 43.9 Å². The zero-order valence-corrected chi connectivity index (χ0v) is 13.6.